The average Bonchev–Trinajstić information content (AvgIpc) is 3.63. The maximum absolute atomic E-state index is 14.8. The fourth-order valence-electron chi connectivity index (χ4n) is 5.62. The number of methoxy groups -OCH3 is 1. The lowest BCUT2D eigenvalue weighted by molar-refractivity contribution is -0.146. The van der Waals surface area contributed by atoms with Gasteiger partial charge in [-0.1, -0.05) is 25.1 Å². The van der Waals surface area contributed by atoms with Crippen LogP contribution in [0.3, 0.4) is 0 Å². The van der Waals surface area contributed by atoms with Crippen molar-refractivity contribution in [3.63, 3.8) is 0 Å². The minimum atomic E-state index is -2.88. The van der Waals surface area contributed by atoms with Crippen molar-refractivity contribution < 1.29 is 17.9 Å². The molecule has 2 aliphatic carbocycles. The number of aryl methyl sites for hydroxylation is 1. The number of hydrogen-bond donors (Lipinski definition) is 1. The standard InChI is InChI=1S/C25H26F3N3O2S.C3H7N/c1-14(15-5-4-6-16(20(15)26)21(27)28)7-19-17-8-18(23(32)31(2)22(17)30-13-29-19)25(33-3)9-24(10-25)11-34-12-24;4-3-1-2-3/h4-6,8,13-14,21H,7,9-12H2,1-3H3;3H,1-2,4H2/t14-;/m0./s1. The van der Waals surface area contributed by atoms with Gasteiger partial charge in [-0.15, -0.1) is 0 Å². The van der Waals surface area contributed by atoms with Crippen molar-refractivity contribution in [2.45, 2.75) is 63.0 Å². The highest BCUT2D eigenvalue weighted by atomic mass is 32.2. The number of fused-ring (bicyclic) bond motifs is 1. The summed E-state index contributed by atoms with van der Waals surface area (Å²) in [6.45, 7) is 1.78. The van der Waals surface area contributed by atoms with Crippen LogP contribution in [0, 0.1) is 11.2 Å². The Morgan fingerprint density at radius 1 is 1.21 bits per heavy atom. The smallest absolute Gasteiger partial charge is 0.266 e. The van der Waals surface area contributed by atoms with Crippen molar-refractivity contribution in [3.8, 4) is 0 Å². The van der Waals surface area contributed by atoms with Crippen molar-refractivity contribution in [2.75, 3.05) is 18.6 Å². The number of aromatic nitrogens is 3. The quantitative estimate of drug-likeness (QED) is 0.456. The Morgan fingerprint density at radius 3 is 2.42 bits per heavy atom. The summed E-state index contributed by atoms with van der Waals surface area (Å²) in [5.41, 5.74) is 6.00. The van der Waals surface area contributed by atoms with E-state index in [1.54, 1.807) is 21.1 Å². The zero-order valence-corrected chi connectivity index (χ0v) is 22.7. The molecule has 38 heavy (non-hydrogen) atoms. The highest BCUT2D eigenvalue weighted by Gasteiger charge is 2.60. The molecule has 1 atom stereocenters. The second-order valence-electron chi connectivity index (χ2n) is 11.0. The first kappa shape index (κ1) is 27.1. The largest absolute Gasteiger partial charge is 0.373 e. The van der Waals surface area contributed by atoms with Gasteiger partial charge in [-0.25, -0.2) is 23.1 Å². The number of halogens is 3. The molecular weight excluding hydrogens is 513 g/mol. The van der Waals surface area contributed by atoms with Gasteiger partial charge >= 0.3 is 0 Å². The Labute approximate surface area is 224 Å². The molecule has 3 fully saturated rings. The molecule has 2 saturated carbocycles. The fraction of sp³-hybridized carbons (Fsp3) is 0.536. The molecule has 10 heteroatoms. The molecule has 0 unspecified atom stereocenters. The molecule has 3 aliphatic rings. The molecule has 1 aromatic carbocycles. The van der Waals surface area contributed by atoms with E-state index in [0.29, 0.717) is 34.8 Å². The lowest BCUT2D eigenvalue weighted by Gasteiger charge is -2.59. The minimum Gasteiger partial charge on any atom is -0.373 e. The van der Waals surface area contributed by atoms with Gasteiger partial charge < -0.3 is 10.5 Å². The SMILES string of the molecule is COC1(c2cc3c(C[C@H](C)c4cccc(C(F)F)c4F)ncnc3n(C)c2=O)CC2(CSC2)C1.NC1CC1. The summed E-state index contributed by atoms with van der Waals surface area (Å²) in [6, 6.07) is 6.49. The van der Waals surface area contributed by atoms with Crippen LogP contribution in [0.15, 0.2) is 35.4 Å². The molecule has 2 aromatic heterocycles. The summed E-state index contributed by atoms with van der Waals surface area (Å²) >= 11 is 1.91. The fourth-order valence-corrected chi connectivity index (χ4v) is 6.81. The van der Waals surface area contributed by atoms with Crippen molar-refractivity contribution in [1.29, 1.82) is 0 Å². The molecule has 1 saturated heterocycles. The topological polar surface area (TPSA) is 83.0 Å². The van der Waals surface area contributed by atoms with E-state index >= 15 is 0 Å². The van der Waals surface area contributed by atoms with Crippen molar-refractivity contribution in [1.82, 2.24) is 14.5 Å². The Bertz CT molecular complexity index is 1400. The van der Waals surface area contributed by atoms with Gasteiger partial charge in [0, 0.05) is 25.6 Å². The molecule has 1 spiro atoms. The summed E-state index contributed by atoms with van der Waals surface area (Å²) in [4.78, 5) is 22.1. The van der Waals surface area contributed by atoms with Crippen LogP contribution in [0.1, 0.15) is 67.3 Å². The molecule has 1 aliphatic heterocycles. The van der Waals surface area contributed by atoms with Gasteiger partial charge in [0.15, 0.2) is 0 Å². The molecule has 0 bridgehead atoms. The summed E-state index contributed by atoms with van der Waals surface area (Å²) in [5, 5.41) is 0.692. The van der Waals surface area contributed by atoms with Crippen LogP contribution in [-0.4, -0.2) is 39.2 Å². The molecule has 6 nitrogen and oxygen atoms in total. The van der Waals surface area contributed by atoms with E-state index in [4.69, 9.17) is 10.5 Å². The highest BCUT2D eigenvalue weighted by Crippen LogP contribution is 2.62. The molecule has 0 radical (unpaired) electrons. The van der Waals surface area contributed by atoms with Gasteiger partial charge in [0.25, 0.3) is 12.0 Å². The van der Waals surface area contributed by atoms with Crippen LogP contribution in [0.2, 0.25) is 0 Å². The monoisotopic (exact) mass is 546 g/mol. The minimum absolute atomic E-state index is 0.149. The first-order valence-corrected chi connectivity index (χ1v) is 14.0. The third-order valence-electron chi connectivity index (χ3n) is 8.05. The van der Waals surface area contributed by atoms with Crippen molar-refractivity contribution >= 4 is 22.8 Å². The number of ether oxygens (including phenoxy) is 1. The predicted molar refractivity (Wildman–Crippen MR) is 143 cm³/mol. The lowest BCUT2D eigenvalue weighted by atomic mass is 9.58. The number of thioether (sulfide) groups is 1. The van der Waals surface area contributed by atoms with E-state index in [0.717, 1.165) is 30.4 Å². The summed E-state index contributed by atoms with van der Waals surface area (Å²) in [6.07, 6.45) is 2.94. The van der Waals surface area contributed by atoms with Crippen molar-refractivity contribution in [2.24, 2.45) is 18.2 Å². The third kappa shape index (κ3) is 4.86. The summed E-state index contributed by atoms with van der Waals surface area (Å²) in [7, 11) is 3.32. The zero-order valence-electron chi connectivity index (χ0n) is 21.8. The molecule has 3 aromatic rings. The van der Waals surface area contributed by atoms with Gasteiger partial charge in [-0.05, 0) is 66.6 Å². The van der Waals surface area contributed by atoms with Crippen LogP contribution in [0.4, 0.5) is 13.2 Å². The van der Waals surface area contributed by atoms with E-state index in [2.05, 4.69) is 9.97 Å². The predicted octanol–water partition coefficient (Wildman–Crippen LogP) is 5.23. The molecule has 204 valence electrons. The van der Waals surface area contributed by atoms with E-state index in [-0.39, 0.29) is 16.5 Å². The number of hydrogen-bond acceptors (Lipinski definition) is 6. The molecule has 6 rings (SSSR count). The number of alkyl halides is 2. The number of pyridine rings is 1. The Hall–Kier alpha value is -2.43. The van der Waals surface area contributed by atoms with Gasteiger partial charge in [0.05, 0.1) is 22.4 Å². The zero-order chi connectivity index (χ0) is 27.2. The first-order chi connectivity index (χ1) is 18.1. The molecule has 2 N–H and O–H groups in total. The van der Waals surface area contributed by atoms with E-state index in [1.807, 2.05) is 17.8 Å². The molecule has 3 heterocycles. The maximum Gasteiger partial charge on any atom is 0.266 e. The summed E-state index contributed by atoms with van der Waals surface area (Å²) in [5.74, 6) is 0.878. The molecular formula is C28H33F3N4O2S. The van der Waals surface area contributed by atoms with Crippen molar-refractivity contribution in [3.05, 3.63) is 69.1 Å². The van der Waals surface area contributed by atoms with E-state index in [9.17, 15) is 18.0 Å². The lowest BCUT2D eigenvalue weighted by Crippen LogP contribution is -2.59. The van der Waals surface area contributed by atoms with Gasteiger partial charge in [-0.3, -0.25) is 9.36 Å². The summed E-state index contributed by atoms with van der Waals surface area (Å²) < 4.78 is 48.6. The Kier molecular flexibility index (Phi) is 7.34. The number of nitrogens with zero attached hydrogens (tertiary/aromatic N) is 3. The second kappa shape index (κ2) is 10.3. The Balaban J connectivity index is 0.000000673. The third-order valence-corrected chi connectivity index (χ3v) is 9.69. The molecule has 0 amide bonds. The number of rotatable bonds is 6. The van der Waals surface area contributed by atoms with Crippen LogP contribution >= 0.6 is 11.8 Å². The number of benzene rings is 1. The van der Waals surface area contributed by atoms with Gasteiger partial charge in [0.1, 0.15) is 17.8 Å². The van der Waals surface area contributed by atoms with Crippen LogP contribution in [0.25, 0.3) is 11.0 Å². The van der Waals surface area contributed by atoms with Gasteiger partial charge in [0.2, 0.25) is 0 Å². The first-order valence-electron chi connectivity index (χ1n) is 12.9. The van der Waals surface area contributed by atoms with Crippen LogP contribution in [-0.2, 0) is 23.8 Å². The maximum atomic E-state index is 14.8. The van der Waals surface area contributed by atoms with Crippen LogP contribution in [0.5, 0.6) is 0 Å². The average molecular weight is 547 g/mol. The van der Waals surface area contributed by atoms with E-state index < -0.39 is 29.3 Å². The number of nitrogens with two attached hydrogens (primary N) is 1. The highest BCUT2D eigenvalue weighted by molar-refractivity contribution is 8.00. The Morgan fingerprint density at radius 2 is 1.87 bits per heavy atom. The van der Waals surface area contributed by atoms with E-state index in [1.165, 1.54) is 35.9 Å². The van der Waals surface area contributed by atoms with Gasteiger partial charge in [-0.2, -0.15) is 11.8 Å². The second-order valence-corrected chi connectivity index (χ2v) is 12.0. The normalized spacial score (nSPS) is 20.0. The van der Waals surface area contributed by atoms with Crippen LogP contribution < -0.4 is 11.3 Å².